The van der Waals surface area contributed by atoms with Crippen LogP contribution in [0.1, 0.15) is 37.7 Å². The lowest BCUT2D eigenvalue weighted by Gasteiger charge is -2.34. The van der Waals surface area contributed by atoms with E-state index in [9.17, 15) is 4.39 Å². The molecule has 2 aliphatic heterocycles. The number of hydrogen-bond donors (Lipinski definition) is 1. The lowest BCUT2D eigenvalue weighted by atomic mass is 9.79. The zero-order valence-corrected chi connectivity index (χ0v) is 19.7. The summed E-state index contributed by atoms with van der Waals surface area (Å²) in [5.74, 6) is 0.844. The molecule has 1 N–H and O–H groups in total. The van der Waals surface area contributed by atoms with Gasteiger partial charge < -0.3 is 15.0 Å². The number of morpholine rings is 1. The summed E-state index contributed by atoms with van der Waals surface area (Å²) < 4.78 is 18.9. The summed E-state index contributed by atoms with van der Waals surface area (Å²) in [7, 11) is 1.88. The van der Waals surface area contributed by atoms with Gasteiger partial charge in [0.15, 0.2) is 5.96 Å². The predicted octanol–water partition coefficient (Wildman–Crippen LogP) is 3.24. The fourth-order valence-corrected chi connectivity index (χ4v) is 5.18. The number of rotatable bonds is 4. The van der Waals surface area contributed by atoms with Gasteiger partial charge in [0.25, 0.3) is 0 Å². The third-order valence-corrected chi connectivity index (χ3v) is 6.84. The van der Waals surface area contributed by atoms with E-state index >= 15 is 0 Å². The molecule has 29 heavy (non-hydrogen) atoms. The molecule has 1 unspecified atom stereocenters. The maximum Gasteiger partial charge on any atom is 0.193 e. The zero-order valence-electron chi connectivity index (χ0n) is 17.4. The van der Waals surface area contributed by atoms with Crippen molar-refractivity contribution in [3.63, 3.8) is 0 Å². The number of likely N-dealkylation sites (tertiary alicyclic amines) is 1. The highest BCUT2D eigenvalue weighted by atomic mass is 127. The first-order chi connectivity index (χ1) is 13.7. The molecule has 0 bridgehead atoms. The van der Waals surface area contributed by atoms with E-state index in [0.717, 1.165) is 64.7 Å². The third kappa shape index (κ3) is 5.22. The second-order valence-electron chi connectivity index (χ2n) is 8.43. The monoisotopic (exact) mass is 516 g/mol. The largest absolute Gasteiger partial charge is 0.379 e. The van der Waals surface area contributed by atoms with Gasteiger partial charge in [0.1, 0.15) is 5.82 Å². The minimum atomic E-state index is -0.160. The van der Waals surface area contributed by atoms with Crippen molar-refractivity contribution in [2.75, 3.05) is 53.0 Å². The quantitative estimate of drug-likeness (QED) is 0.379. The van der Waals surface area contributed by atoms with E-state index in [0.29, 0.717) is 6.04 Å². The van der Waals surface area contributed by atoms with Gasteiger partial charge in [-0.25, -0.2) is 4.39 Å². The first-order valence-electron chi connectivity index (χ1n) is 10.7. The lowest BCUT2D eigenvalue weighted by molar-refractivity contribution is 0.0195. The van der Waals surface area contributed by atoms with Crippen LogP contribution in [0.2, 0.25) is 0 Å². The number of aliphatic imine (C=N–C) groups is 1. The molecular weight excluding hydrogens is 482 g/mol. The number of ether oxygens (including phenoxy) is 1. The molecule has 0 radical (unpaired) electrons. The Morgan fingerprint density at radius 2 is 1.86 bits per heavy atom. The number of benzene rings is 1. The number of nitrogens with one attached hydrogen (secondary N) is 1. The van der Waals surface area contributed by atoms with E-state index in [2.05, 4.69) is 20.1 Å². The standard InChI is InChI=1S/C22H33FN4O.HI/c1-24-21(27-11-8-20(16-27)26-12-14-28-15-13-26)25-17-22(9-2-3-10-22)18-4-6-19(23)7-5-18;/h4-7,20H,2-3,8-17H2,1H3,(H,24,25);1H. The second-order valence-corrected chi connectivity index (χ2v) is 8.43. The van der Waals surface area contributed by atoms with Crippen molar-refractivity contribution in [3.05, 3.63) is 35.6 Å². The highest BCUT2D eigenvalue weighted by Crippen LogP contribution is 2.40. The van der Waals surface area contributed by atoms with Gasteiger partial charge in [0.2, 0.25) is 0 Å². The summed E-state index contributed by atoms with van der Waals surface area (Å²) in [6, 6.07) is 7.72. The molecule has 2 saturated heterocycles. The van der Waals surface area contributed by atoms with Crippen molar-refractivity contribution in [2.45, 2.75) is 43.6 Å². The molecular formula is C22H34FIN4O. The van der Waals surface area contributed by atoms with Crippen molar-refractivity contribution in [1.82, 2.24) is 15.1 Å². The Hall–Kier alpha value is -0.930. The number of halogens is 2. The van der Waals surface area contributed by atoms with Gasteiger partial charge in [-0.3, -0.25) is 9.89 Å². The molecule has 3 fully saturated rings. The fourth-order valence-electron chi connectivity index (χ4n) is 5.18. The van der Waals surface area contributed by atoms with E-state index in [1.807, 2.05) is 19.2 Å². The Kier molecular flexibility index (Phi) is 8.15. The first kappa shape index (κ1) is 22.7. The van der Waals surface area contributed by atoms with Crippen LogP contribution in [0.25, 0.3) is 0 Å². The van der Waals surface area contributed by atoms with Crippen LogP contribution in [-0.2, 0) is 10.2 Å². The first-order valence-corrected chi connectivity index (χ1v) is 10.7. The molecule has 0 aromatic heterocycles. The van der Waals surface area contributed by atoms with Crippen LogP contribution in [-0.4, -0.2) is 74.8 Å². The topological polar surface area (TPSA) is 40.1 Å². The number of guanidine groups is 1. The van der Waals surface area contributed by atoms with Crippen molar-refractivity contribution >= 4 is 29.9 Å². The Bertz CT molecular complexity index is 672. The predicted molar refractivity (Wildman–Crippen MR) is 126 cm³/mol. The van der Waals surface area contributed by atoms with Crippen LogP contribution in [0, 0.1) is 5.82 Å². The van der Waals surface area contributed by atoms with Crippen LogP contribution >= 0.6 is 24.0 Å². The maximum atomic E-state index is 13.4. The molecule has 1 aliphatic carbocycles. The van der Waals surface area contributed by atoms with Crippen LogP contribution in [0.5, 0.6) is 0 Å². The molecule has 7 heteroatoms. The second kappa shape index (κ2) is 10.4. The molecule has 0 spiro atoms. The molecule has 162 valence electrons. The molecule has 5 nitrogen and oxygen atoms in total. The van der Waals surface area contributed by atoms with Crippen molar-refractivity contribution in [1.29, 1.82) is 0 Å². The summed E-state index contributed by atoms with van der Waals surface area (Å²) in [5, 5.41) is 3.67. The van der Waals surface area contributed by atoms with E-state index in [-0.39, 0.29) is 35.2 Å². The maximum absolute atomic E-state index is 13.4. The average molecular weight is 516 g/mol. The number of nitrogens with zero attached hydrogens (tertiary/aromatic N) is 3. The normalized spacial score (nSPS) is 25.1. The van der Waals surface area contributed by atoms with Gasteiger partial charge in [-0.1, -0.05) is 25.0 Å². The van der Waals surface area contributed by atoms with Gasteiger partial charge in [-0.2, -0.15) is 0 Å². The van der Waals surface area contributed by atoms with Gasteiger partial charge >= 0.3 is 0 Å². The molecule has 4 rings (SSSR count). The molecule has 1 aromatic carbocycles. The summed E-state index contributed by atoms with van der Waals surface area (Å²) in [6.45, 7) is 6.72. The highest BCUT2D eigenvalue weighted by molar-refractivity contribution is 14.0. The van der Waals surface area contributed by atoms with Gasteiger partial charge in [0.05, 0.1) is 13.2 Å². The van der Waals surface area contributed by atoms with Crippen LogP contribution < -0.4 is 5.32 Å². The fraction of sp³-hybridized carbons (Fsp3) is 0.682. The molecule has 0 amide bonds. The summed E-state index contributed by atoms with van der Waals surface area (Å²) in [5.41, 5.74) is 1.34. The van der Waals surface area contributed by atoms with E-state index in [4.69, 9.17) is 4.74 Å². The molecule has 1 aromatic rings. The molecule has 1 saturated carbocycles. The Labute approximate surface area is 191 Å². The molecule has 2 heterocycles. The van der Waals surface area contributed by atoms with Crippen LogP contribution in [0.3, 0.4) is 0 Å². The number of hydrogen-bond acceptors (Lipinski definition) is 3. The van der Waals surface area contributed by atoms with Gasteiger partial charge in [0, 0.05) is 51.2 Å². The smallest absolute Gasteiger partial charge is 0.193 e. The SMILES string of the molecule is CN=C(NCC1(c2ccc(F)cc2)CCCC1)N1CCC(N2CCOCC2)C1.I. The summed E-state index contributed by atoms with van der Waals surface area (Å²) >= 11 is 0. The lowest BCUT2D eigenvalue weighted by Crippen LogP contribution is -2.48. The Morgan fingerprint density at radius 1 is 1.17 bits per heavy atom. The van der Waals surface area contributed by atoms with Crippen molar-refractivity contribution in [2.24, 2.45) is 4.99 Å². The molecule has 1 atom stereocenters. The molecule has 3 aliphatic rings. The van der Waals surface area contributed by atoms with Crippen molar-refractivity contribution in [3.8, 4) is 0 Å². The van der Waals surface area contributed by atoms with Crippen LogP contribution in [0.4, 0.5) is 4.39 Å². The minimum absolute atomic E-state index is 0. The minimum Gasteiger partial charge on any atom is -0.379 e. The van der Waals surface area contributed by atoms with Gasteiger partial charge in [-0.15, -0.1) is 24.0 Å². The third-order valence-electron chi connectivity index (χ3n) is 6.84. The highest BCUT2D eigenvalue weighted by Gasteiger charge is 2.37. The van der Waals surface area contributed by atoms with E-state index in [1.54, 1.807) is 12.1 Å². The summed E-state index contributed by atoms with van der Waals surface area (Å²) in [6.07, 6.45) is 5.96. The van der Waals surface area contributed by atoms with Gasteiger partial charge in [-0.05, 0) is 37.0 Å². The van der Waals surface area contributed by atoms with E-state index in [1.165, 1.54) is 24.8 Å². The Balaban J connectivity index is 0.00000240. The van der Waals surface area contributed by atoms with Crippen molar-refractivity contribution < 1.29 is 9.13 Å². The Morgan fingerprint density at radius 3 is 2.52 bits per heavy atom. The zero-order chi connectivity index (χ0) is 19.4. The average Bonchev–Trinajstić information content (AvgIpc) is 3.41. The van der Waals surface area contributed by atoms with Crippen LogP contribution in [0.15, 0.2) is 29.3 Å². The summed E-state index contributed by atoms with van der Waals surface area (Å²) in [4.78, 5) is 9.54. The van der Waals surface area contributed by atoms with E-state index < -0.39 is 0 Å².